The highest BCUT2D eigenvalue weighted by atomic mass is 16.5. The number of fused-ring (bicyclic) bond motifs is 1. The highest BCUT2D eigenvalue weighted by Gasteiger charge is 2.32. The first-order chi connectivity index (χ1) is 14.5. The summed E-state index contributed by atoms with van der Waals surface area (Å²) < 4.78 is 7.70. The summed E-state index contributed by atoms with van der Waals surface area (Å²) in [6.45, 7) is 2.11. The van der Waals surface area contributed by atoms with Crippen molar-refractivity contribution in [3.8, 4) is 5.75 Å². The van der Waals surface area contributed by atoms with Crippen LogP contribution in [0.15, 0.2) is 54.9 Å². The number of ether oxygens (including phenoxy) is 1. The number of carbonyl (C=O) groups excluding carboxylic acids is 1. The van der Waals surface area contributed by atoms with Gasteiger partial charge < -0.3 is 15.0 Å². The molecular formula is C23H23N5O2. The molecule has 0 unspecified atom stereocenters. The van der Waals surface area contributed by atoms with Gasteiger partial charge in [0.2, 0.25) is 0 Å². The Kier molecular flexibility index (Phi) is 4.50. The third-order valence-corrected chi connectivity index (χ3v) is 5.68. The van der Waals surface area contributed by atoms with Crippen molar-refractivity contribution in [1.29, 1.82) is 0 Å². The largest absolute Gasteiger partial charge is 0.490 e. The predicted octanol–water partition coefficient (Wildman–Crippen LogP) is 4.18. The fraction of sp³-hybridized carbons (Fsp3) is 0.261. The number of rotatable bonds is 5. The maximum atomic E-state index is 12.4. The number of H-pyrrole nitrogens is 1. The zero-order valence-electron chi connectivity index (χ0n) is 16.9. The van der Waals surface area contributed by atoms with E-state index in [1.165, 1.54) is 15.8 Å². The van der Waals surface area contributed by atoms with Crippen LogP contribution < -0.4 is 10.1 Å². The Labute approximate surface area is 174 Å². The zero-order chi connectivity index (χ0) is 20.7. The van der Waals surface area contributed by atoms with Gasteiger partial charge >= 0.3 is 0 Å². The highest BCUT2D eigenvalue weighted by Crippen LogP contribution is 2.40. The first kappa shape index (κ1) is 18.4. The standard InChI is InChI=1S/C23H23N5O2/c1-14-3-5-15(6-4-14)16-9-18(10-16)30-17-7-8-20-19(11-17)21(12-24-20)25-23(29)22-13-28(2)27-26-22/h3-8,11-13,16,18,24H,9-10H2,1-2H3,(H,25,29)/t16-,18-. The Bertz CT molecular complexity index is 1200. The lowest BCUT2D eigenvalue weighted by Crippen LogP contribution is -2.32. The lowest BCUT2D eigenvalue weighted by molar-refractivity contribution is 0.0986. The smallest absolute Gasteiger partial charge is 0.277 e. The van der Waals surface area contributed by atoms with Gasteiger partial charge in [0, 0.05) is 24.1 Å². The molecule has 7 heteroatoms. The number of benzene rings is 2. The van der Waals surface area contributed by atoms with E-state index in [4.69, 9.17) is 4.74 Å². The normalized spacial score (nSPS) is 18.2. The van der Waals surface area contributed by atoms with E-state index in [-0.39, 0.29) is 17.7 Å². The molecule has 1 amide bonds. The summed E-state index contributed by atoms with van der Waals surface area (Å²) in [5, 5.41) is 11.5. The number of amides is 1. The summed E-state index contributed by atoms with van der Waals surface area (Å²) in [4.78, 5) is 15.6. The minimum absolute atomic E-state index is 0.213. The van der Waals surface area contributed by atoms with Crippen LogP contribution in [-0.4, -0.2) is 32.0 Å². The summed E-state index contributed by atoms with van der Waals surface area (Å²) in [6.07, 6.45) is 5.61. The van der Waals surface area contributed by atoms with Gasteiger partial charge in [0.15, 0.2) is 5.69 Å². The van der Waals surface area contributed by atoms with Gasteiger partial charge in [-0.25, -0.2) is 0 Å². The summed E-state index contributed by atoms with van der Waals surface area (Å²) >= 11 is 0. The van der Waals surface area contributed by atoms with E-state index in [2.05, 4.69) is 51.8 Å². The van der Waals surface area contributed by atoms with Gasteiger partial charge in [-0.3, -0.25) is 9.48 Å². The van der Waals surface area contributed by atoms with Gasteiger partial charge in [-0.1, -0.05) is 35.0 Å². The fourth-order valence-corrected chi connectivity index (χ4v) is 3.88. The average molecular weight is 401 g/mol. The second kappa shape index (κ2) is 7.33. The van der Waals surface area contributed by atoms with Crippen LogP contribution in [0.4, 0.5) is 5.69 Å². The van der Waals surface area contributed by atoms with E-state index in [9.17, 15) is 4.79 Å². The third-order valence-electron chi connectivity index (χ3n) is 5.68. The van der Waals surface area contributed by atoms with Crippen LogP contribution in [0.5, 0.6) is 5.75 Å². The molecule has 152 valence electrons. The van der Waals surface area contributed by atoms with Gasteiger partial charge in [0.05, 0.1) is 18.0 Å². The number of aromatic amines is 1. The molecule has 2 aromatic carbocycles. The molecule has 2 aromatic heterocycles. The number of aryl methyl sites for hydroxylation is 2. The molecule has 7 nitrogen and oxygen atoms in total. The summed E-state index contributed by atoms with van der Waals surface area (Å²) in [5.41, 5.74) is 4.57. The maximum absolute atomic E-state index is 12.4. The predicted molar refractivity (Wildman–Crippen MR) is 115 cm³/mol. The van der Waals surface area contributed by atoms with Gasteiger partial charge in [-0.15, -0.1) is 5.10 Å². The van der Waals surface area contributed by atoms with Crippen LogP contribution in [-0.2, 0) is 7.05 Å². The third kappa shape index (κ3) is 3.54. The molecule has 1 saturated carbocycles. The summed E-state index contributed by atoms with van der Waals surface area (Å²) in [5.74, 6) is 1.08. The number of carbonyl (C=O) groups is 1. The maximum Gasteiger partial charge on any atom is 0.277 e. The number of anilines is 1. The molecule has 2 heterocycles. The lowest BCUT2D eigenvalue weighted by Gasteiger charge is -2.35. The van der Waals surface area contributed by atoms with Crippen molar-refractivity contribution in [2.24, 2.45) is 7.05 Å². The number of nitrogens with zero attached hydrogens (tertiary/aromatic N) is 3. The van der Waals surface area contributed by atoms with Gasteiger partial charge in [0.1, 0.15) is 5.75 Å². The highest BCUT2D eigenvalue weighted by molar-refractivity contribution is 6.08. The summed E-state index contributed by atoms with van der Waals surface area (Å²) in [7, 11) is 1.73. The molecule has 1 fully saturated rings. The van der Waals surface area contributed by atoms with Crippen molar-refractivity contribution in [3.63, 3.8) is 0 Å². The molecule has 1 aliphatic rings. The number of hydrogen-bond donors (Lipinski definition) is 2. The molecule has 5 rings (SSSR count). The molecule has 0 atom stereocenters. The van der Waals surface area contributed by atoms with Crippen LogP contribution in [0.1, 0.15) is 40.4 Å². The Morgan fingerprint density at radius 3 is 2.73 bits per heavy atom. The zero-order valence-corrected chi connectivity index (χ0v) is 16.9. The molecular weight excluding hydrogens is 378 g/mol. The SMILES string of the molecule is Cc1ccc([C@H]2C[C@H](Oc3ccc4[nH]cc(NC(=O)c5cn(C)nn5)c4c3)C2)cc1. The second-order valence-corrected chi connectivity index (χ2v) is 7.96. The van der Waals surface area contributed by atoms with Crippen LogP contribution in [0.3, 0.4) is 0 Å². The van der Waals surface area contributed by atoms with Gasteiger partial charge in [-0.2, -0.15) is 0 Å². The molecule has 2 N–H and O–H groups in total. The lowest BCUT2D eigenvalue weighted by atomic mass is 9.77. The minimum atomic E-state index is -0.296. The second-order valence-electron chi connectivity index (χ2n) is 7.96. The first-order valence-corrected chi connectivity index (χ1v) is 10.1. The van der Waals surface area contributed by atoms with E-state index < -0.39 is 0 Å². The van der Waals surface area contributed by atoms with E-state index in [0.29, 0.717) is 11.6 Å². The monoisotopic (exact) mass is 401 g/mol. The van der Waals surface area contributed by atoms with E-state index in [1.807, 2.05) is 18.2 Å². The minimum Gasteiger partial charge on any atom is -0.490 e. The van der Waals surface area contributed by atoms with Crippen molar-refractivity contribution >= 4 is 22.5 Å². The molecule has 0 radical (unpaired) electrons. The van der Waals surface area contributed by atoms with Gasteiger partial charge in [-0.05, 0) is 49.4 Å². The van der Waals surface area contributed by atoms with Crippen LogP contribution >= 0.6 is 0 Å². The quantitative estimate of drug-likeness (QED) is 0.525. The Balaban J connectivity index is 1.26. The van der Waals surface area contributed by atoms with Crippen molar-refractivity contribution < 1.29 is 9.53 Å². The number of hydrogen-bond acceptors (Lipinski definition) is 4. The van der Waals surface area contributed by atoms with E-state index >= 15 is 0 Å². The first-order valence-electron chi connectivity index (χ1n) is 10.1. The molecule has 0 spiro atoms. The van der Waals surface area contributed by atoms with Crippen molar-refractivity contribution in [2.45, 2.75) is 31.8 Å². The topological polar surface area (TPSA) is 84.8 Å². The van der Waals surface area contributed by atoms with Crippen molar-refractivity contribution in [2.75, 3.05) is 5.32 Å². The van der Waals surface area contributed by atoms with Gasteiger partial charge in [0.25, 0.3) is 5.91 Å². The Hall–Kier alpha value is -3.61. The van der Waals surface area contributed by atoms with Crippen molar-refractivity contribution in [1.82, 2.24) is 20.0 Å². The molecule has 1 aliphatic carbocycles. The average Bonchev–Trinajstić information content (AvgIpc) is 3.32. The molecule has 0 saturated heterocycles. The number of aromatic nitrogens is 4. The van der Waals surface area contributed by atoms with E-state index in [0.717, 1.165) is 29.5 Å². The number of nitrogens with one attached hydrogen (secondary N) is 2. The van der Waals surface area contributed by atoms with Crippen LogP contribution in [0.25, 0.3) is 10.9 Å². The Morgan fingerprint density at radius 1 is 1.20 bits per heavy atom. The van der Waals surface area contributed by atoms with E-state index in [1.54, 1.807) is 19.4 Å². The molecule has 4 aromatic rings. The van der Waals surface area contributed by atoms with Crippen LogP contribution in [0, 0.1) is 6.92 Å². The molecule has 0 bridgehead atoms. The Morgan fingerprint density at radius 2 is 2.00 bits per heavy atom. The van der Waals surface area contributed by atoms with Crippen molar-refractivity contribution in [3.05, 3.63) is 71.7 Å². The molecule has 30 heavy (non-hydrogen) atoms. The molecule has 0 aliphatic heterocycles. The van der Waals surface area contributed by atoms with Crippen LogP contribution in [0.2, 0.25) is 0 Å². The summed E-state index contributed by atoms with van der Waals surface area (Å²) in [6, 6.07) is 14.7. The fourth-order valence-electron chi connectivity index (χ4n) is 3.88.